The van der Waals surface area contributed by atoms with Crippen LogP contribution in [0.25, 0.3) is 0 Å². The third-order valence-electron chi connectivity index (χ3n) is 7.17. The number of amides is 1. The van der Waals surface area contributed by atoms with Gasteiger partial charge in [0.1, 0.15) is 18.8 Å². The summed E-state index contributed by atoms with van der Waals surface area (Å²) in [6.45, 7) is 7.34. The minimum Gasteiger partial charge on any atom is -0.463 e. The Kier molecular flexibility index (Phi) is 14.5. The Labute approximate surface area is 234 Å². The summed E-state index contributed by atoms with van der Waals surface area (Å²) in [7, 11) is 0. The number of ether oxygens (including phenoxy) is 4. The minimum absolute atomic E-state index is 0.0654. The van der Waals surface area contributed by atoms with E-state index >= 15 is 0 Å². The van der Waals surface area contributed by atoms with E-state index < -0.39 is 23.3 Å². The highest BCUT2D eigenvalue weighted by molar-refractivity contribution is 5.74. The van der Waals surface area contributed by atoms with Crippen LogP contribution in [0.2, 0.25) is 0 Å². The van der Waals surface area contributed by atoms with E-state index in [0.717, 1.165) is 30.4 Å². The van der Waals surface area contributed by atoms with E-state index in [2.05, 4.69) is 36.5 Å². The second-order valence-corrected chi connectivity index (χ2v) is 10.7. The molecule has 1 aliphatic heterocycles. The molecule has 39 heavy (non-hydrogen) atoms. The number of unbranched alkanes of at least 4 members (excludes halogenated alkanes) is 7. The smallest absolute Gasteiger partial charge is 0.302 e. The Morgan fingerprint density at radius 3 is 1.87 bits per heavy atom. The van der Waals surface area contributed by atoms with Crippen LogP contribution in [0.5, 0.6) is 0 Å². The van der Waals surface area contributed by atoms with Crippen LogP contribution in [0, 0.1) is 0 Å². The maximum Gasteiger partial charge on any atom is 0.302 e. The zero-order valence-corrected chi connectivity index (χ0v) is 24.5. The van der Waals surface area contributed by atoms with Gasteiger partial charge in [0, 0.05) is 32.8 Å². The molecular weight excluding hydrogens is 498 g/mol. The Hall–Kier alpha value is -2.45. The van der Waals surface area contributed by atoms with Gasteiger partial charge in [-0.1, -0.05) is 76.1 Å². The molecule has 1 fully saturated rings. The van der Waals surface area contributed by atoms with Crippen molar-refractivity contribution in [3.8, 4) is 0 Å². The number of carbonyl (C=O) groups is 3. The number of rotatable bonds is 19. The normalized spacial score (nSPS) is 14.7. The zero-order chi connectivity index (χ0) is 28.6. The zero-order valence-electron chi connectivity index (χ0n) is 24.5. The fourth-order valence-electron chi connectivity index (χ4n) is 5.13. The fourth-order valence-corrected chi connectivity index (χ4v) is 5.13. The number of carbonyl (C=O) groups excluding carboxylic acids is 3. The average molecular weight is 548 g/mol. The SMILES string of the molecule is CCCCCCCCCCC1(c2ccc(CCCC(COC(C)=O)(COC(C)=O)NC(C)=O)cc2)OCCO1. The van der Waals surface area contributed by atoms with Gasteiger partial charge in [-0.3, -0.25) is 14.4 Å². The quantitative estimate of drug-likeness (QED) is 0.174. The molecule has 1 saturated heterocycles. The summed E-state index contributed by atoms with van der Waals surface area (Å²) in [5, 5.41) is 2.86. The van der Waals surface area contributed by atoms with Crippen molar-refractivity contribution < 1.29 is 33.3 Å². The number of nitrogens with one attached hydrogen (secondary N) is 1. The van der Waals surface area contributed by atoms with E-state index in [1.54, 1.807) is 0 Å². The van der Waals surface area contributed by atoms with Gasteiger partial charge in [0.25, 0.3) is 0 Å². The summed E-state index contributed by atoms with van der Waals surface area (Å²) in [6, 6.07) is 8.36. The molecule has 8 heteroatoms. The molecule has 0 atom stereocenters. The van der Waals surface area contributed by atoms with Crippen molar-refractivity contribution in [3.05, 3.63) is 35.4 Å². The van der Waals surface area contributed by atoms with Crippen LogP contribution in [0.15, 0.2) is 24.3 Å². The van der Waals surface area contributed by atoms with E-state index in [-0.39, 0.29) is 19.1 Å². The van der Waals surface area contributed by atoms with Crippen LogP contribution < -0.4 is 5.32 Å². The van der Waals surface area contributed by atoms with Gasteiger partial charge in [0.05, 0.1) is 13.2 Å². The van der Waals surface area contributed by atoms with Crippen molar-refractivity contribution in [2.24, 2.45) is 0 Å². The molecular formula is C31H49NO7. The molecule has 0 bridgehead atoms. The van der Waals surface area contributed by atoms with Gasteiger partial charge >= 0.3 is 11.9 Å². The fraction of sp³-hybridized carbons (Fsp3) is 0.710. The highest BCUT2D eigenvalue weighted by Gasteiger charge is 2.38. The van der Waals surface area contributed by atoms with Crippen molar-refractivity contribution in [1.29, 1.82) is 0 Å². The Morgan fingerprint density at radius 2 is 1.36 bits per heavy atom. The molecule has 2 rings (SSSR count). The van der Waals surface area contributed by atoms with Crippen molar-refractivity contribution >= 4 is 17.8 Å². The molecule has 8 nitrogen and oxygen atoms in total. The first-order chi connectivity index (χ1) is 18.7. The first-order valence-electron chi connectivity index (χ1n) is 14.6. The van der Waals surface area contributed by atoms with Crippen LogP contribution in [0.1, 0.15) is 109 Å². The molecule has 0 spiro atoms. The summed E-state index contributed by atoms with van der Waals surface area (Å²) in [4.78, 5) is 34.8. The van der Waals surface area contributed by atoms with E-state index in [1.807, 2.05) is 0 Å². The van der Waals surface area contributed by atoms with Gasteiger partial charge < -0.3 is 24.3 Å². The van der Waals surface area contributed by atoms with E-state index in [1.165, 1.54) is 65.7 Å². The van der Waals surface area contributed by atoms with Gasteiger partial charge in [0.2, 0.25) is 5.91 Å². The molecule has 0 radical (unpaired) electrons. The molecule has 1 aromatic rings. The van der Waals surface area contributed by atoms with Crippen LogP contribution in [0.4, 0.5) is 0 Å². The number of hydrogen-bond donors (Lipinski definition) is 1. The molecule has 0 aliphatic carbocycles. The summed E-state index contributed by atoms with van der Waals surface area (Å²) < 4.78 is 22.7. The highest BCUT2D eigenvalue weighted by Crippen LogP contribution is 2.37. The van der Waals surface area contributed by atoms with Crippen molar-refractivity contribution in [1.82, 2.24) is 5.32 Å². The minimum atomic E-state index is -0.977. The van der Waals surface area contributed by atoms with Crippen LogP contribution in [-0.2, 0) is 45.5 Å². The first kappa shape index (κ1) is 32.8. The van der Waals surface area contributed by atoms with Gasteiger partial charge in [-0.05, 0) is 31.2 Å². The lowest BCUT2D eigenvalue weighted by Crippen LogP contribution is -2.55. The van der Waals surface area contributed by atoms with Crippen molar-refractivity contribution in [2.75, 3.05) is 26.4 Å². The molecule has 1 heterocycles. The number of aryl methyl sites for hydroxylation is 1. The maximum atomic E-state index is 11.9. The lowest BCUT2D eigenvalue weighted by molar-refractivity contribution is -0.171. The Balaban J connectivity index is 1.94. The standard InChI is InChI=1S/C31H49NO7/c1-5-6-7-8-9-10-11-12-20-31(38-21-22-39-31)29-17-15-28(16-18-29)14-13-19-30(32-25(2)33,23-36-26(3)34)24-37-27(4)35/h15-18H,5-14,19-24H2,1-4H3,(H,32,33). The number of hydrogen-bond acceptors (Lipinski definition) is 7. The van der Waals surface area contributed by atoms with E-state index in [9.17, 15) is 14.4 Å². The van der Waals surface area contributed by atoms with E-state index in [4.69, 9.17) is 18.9 Å². The summed E-state index contributed by atoms with van der Waals surface area (Å²) in [5.74, 6) is -1.85. The summed E-state index contributed by atoms with van der Waals surface area (Å²) in [5.41, 5.74) is 1.20. The lowest BCUT2D eigenvalue weighted by Gasteiger charge is -2.33. The second-order valence-electron chi connectivity index (χ2n) is 10.7. The number of benzene rings is 1. The van der Waals surface area contributed by atoms with Crippen molar-refractivity contribution in [2.45, 2.75) is 116 Å². The van der Waals surface area contributed by atoms with E-state index in [0.29, 0.717) is 26.1 Å². The molecule has 0 aromatic heterocycles. The monoisotopic (exact) mass is 547 g/mol. The molecule has 220 valence electrons. The highest BCUT2D eigenvalue weighted by atomic mass is 16.7. The predicted molar refractivity (Wildman–Crippen MR) is 150 cm³/mol. The lowest BCUT2D eigenvalue weighted by atomic mass is 9.91. The molecule has 1 aromatic carbocycles. The molecule has 1 N–H and O–H groups in total. The van der Waals surface area contributed by atoms with Gasteiger partial charge in [-0.15, -0.1) is 0 Å². The summed E-state index contributed by atoms with van der Waals surface area (Å²) >= 11 is 0. The molecule has 0 saturated carbocycles. The maximum absolute atomic E-state index is 11.9. The average Bonchev–Trinajstić information content (AvgIpc) is 3.38. The van der Waals surface area contributed by atoms with Gasteiger partial charge in [-0.25, -0.2) is 0 Å². The Morgan fingerprint density at radius 1 is 0.821 bits per heavy atom. The van der Waals surface area contributed by atoms with Gasteiger partial charge in [0.15, 0.2) is 5.79 Å². The third-order valence-corrected chi connectivity index (χ3v) is 7.17. The van der Waals surface area contributed by atoms with Crippen molar-refractivity contribution in [3.63, 3.8) is 0 Å². The summed E-state index contributed by atoms with van der Waals surface area (Å²) in [6.07, 6.45) is 12.9. The molecule has 1 amide bonds. The number of esters is 2. The molecule has 0 unspecified atom stereocenters. The second kappa shape index (κ2) is 17.3. The first-order valence-corrected chi connectivity index (χ1v) is 14.6. The van der Waals surface area contributed by atoms with Gasteiger partial charge in [-0.2, -0.15) is 0 Å². The van der Waals surface area contributed by atoms with Crippen LogP contribution >= 0.6 is 0 Å². The predicted octanol–water partition coefficient (Wildman–Crippen LogP) is 5.74. The third kappa shape index (κ3) is 12.1. The van der Waals surface area contributed by atoms with Crippen LogP contribution in [0.3, 0.4) is 0 Å². The Bertz CT molecular complexity index is 859. The largest absolute Gasteiger partial charge is 0.463 e. The molecule has 1 aliphatic rings. The van der Waals surface area contributed by atoms with Crippen LogP contribution in [-0.4, -0.2) is 49.8 Å². The topological polar surface area (TPSA) is 100 Å².